The Kier molecular flexibility index (Phi) is 3.86. The van der Waals surface area contributed by atoms with Crippen LogP contribution in [0, 0.1) is 0 Å². The number of hydrogen-bond donors (Lipinski definition) is 3. The summed E-state index contributed by atoms with van der Waals surface area (Å²) in [4.78, 5) is 14.9. The minimum Gasteiger partial charge on any atom is -0.382 e. The Balaban J connectivity index is 1.98. The zero-order valence-electron chi connectivity index (χ0n) is 9.84. The van der Waals surface area contributed by atoms with Crippen molar-refractivity contribution in [3.05, 3.63) is 42.1 Å². The van der Waals surface area contributed by atoms with E-state index in [2.05, 4.69) is 10.3 Å². The number of carbonyl (C=O) groups is 1. The summed E-state index contributed by atoms with van der Waals surface area (Å²) >= 11 is 0. The van der Waals surface area contributed by atoms with Crippen molar-refractivity contribution in [2.24, 2.45) is 5.73 Å². The summed E-state index contributed by atoms with van der Waals surface area (Å²) in [5, 5.41) is 13.3. The zero-order valence-corrected chi connectivity index (χ0v) is 9.84. The fraction of sp³-hybridized carbons (Fsp3) is 0.231. The summed E-state index contributed by atoms with van der Waals surface area (Å²) in [6, 6.07) is 9.79. The maximum absolute atomic E-state index is 10.6. The van der Waals surface area contributed by atoms with Gasteiger partial charge in [0.25, 0.3) is 0 Å². The highest BCUT2D eigenvalue weighted by Gasteiger charge is 2.09. The molecule has 94 valence electrons. The highest BCUT2D eigenvalue weighted by molar-refractivity contribution is 5.79. The summed E-state index contributed by atoms with van der Waals surface area (Å²) < 4.78 is 0. The number of aromatic nitrogens is 1. The third kappa shape index (κ3) is 3.03. The van der Waals surface area contributed by atoms with Gasteiger partial charge in [-0.3, -0.25) is 9.78 Å². The van der Waals surface area contributed by atoms with E-state index in [4.69, 9.17) is 5.73 Å². The molecule has 2 rings (SSSR count). The topological polar surface area (TPSA) is 88.2 Å². The molecular weight excluding hydrogens is 230 g/mol. The van der Waals surface area contributed by atoms with Crippen molar-refractivity contribution in [2.45, 2.75) is 12.6 Å². The average Bonchev–Trinajstić information content (AvgIpc) is 2.38. The number of nitrogens with two attached hydrogens (primary N) is 1. The molecule has 5 nitrogen and oxygen atoms in total. The van der Waals surface area contributed by atoms with Crippen LogP contribution in [0.15, 0.2) is 36.5 Å². The van der Waals surface area contributed by atoms with Crippen molar-refractivity contribution in [3.63, 3.8) is 0 Å². The largest absolute Gasteiger partial charge is 0.382 e. The van der Waals surface area contributed by atoms with E-state index in [0.717, 1.165) is 16.5 Å². The second-order valence-electron chi connectivity index (χ2n) is 4.08. The normalized spacial score (nSPS) is 12.5. The monoisotopic (exact) mass is 245 g/mol. The lowest BCUT2D eigenvalue weighted by Crippen LogP contribution is -2.37. The quantitative estimate of drug-likeness (QED) is 0.700. The van der Waals surface area contributed by atoms with Gasteiger partial charge in [-0.25, -0.2) is 0 Å². The van der Waals surface area contributed by atoms with Crippen molar-refractivity contribution in [2.75, 3.05) is 6.54 Å². The number of fused-ring (bicyclic) bond motifs is 1. The van der Waals surface area contributed by atoms with Crippen LogP contribution in [0.2, 0.25) is 0 Å². The van der Waals surface area contributed by atoms with Gasteiger partial charge in [-0.1, -0.05) is 12.1 Å². The van der Waals surface area contributed by atoms with Crippen molar-refractivity contribution in [1.82, 2.24) is 10.3 Å². The molecule has 0 aliphatic carbocycles. The molecule has 4 N–H and O–H groups in total. The van der Waals surface area contributed by atoms with Crippen LogP contribution in [-0.4, -0.2) is 28.6 Å². The number of aliphatic hydroxyl groups is 1. The van der Waals surface area contributed by atoms with Crippen LogP contribution >= 0.6 is 0 Å². The molecule has 0 aliphatic rings. The first-order chi connectivity index (χ1) is 8.66. The molecule has 0 fully saturated rings. The van der Waals surface area contributed by atoms with E-state index in [1.54, 1.807) is 6.20 Å². The van der Waals surface area contributed by atoms with Gasteiger partial charge in [0.2, 0.25) is 5.91 Å². The van der Waals surface area contributed by atoms with E-state index in [1.807, 2.05) is 30.3 Å². The molecular formula is C13H15N3O2. The number of amides is 1. The average molecular weight is 245 g/mol. The predicted octanol–water partition coefficient (Wildman–Crippen LogP) is 0.171. The third-order valence-corrected chi connectivity index (χ3v) is 2.66. The second-order valence-corrected chi connectivity index (χ2v) is 4.08. The van der Waals surface area contributed by atoms with Crippen LogP contribution in [0.5, 0.6) is 0 Å². The number of nitrogens with zero attached hydrogens (tertiary/aromatic N) is 1. The first kappa shape index (κ1) is 12.5. The Bertz CT molecular complexity index is 557. The fourth-order valence-electron chi connectivity index (χ4n) is 1.69. The number of carbonyl (C=O) groups excluding carboxylic acids is 1. The number of benzene rings is 1. The molecule has 1 heterocycles. The molecule has 0 spiro atoms. The number of rotatable bonds is 5. The molecule has 1 atom stereocenters. The number of primary amides is 1. The van der Waals surface area contributed by atoms with Crippen LogP contribution in [0.3, 0.4) is 0 Å². The Morgan fingerprint density at radius 3 is 3.06 bits per heavy atom. The molecule has 18 heavy (non-hydrogen) atoms. The van der Waals surface area contributed by atoms with Crippen molar-refractivity contribution < 1.29 is 9.90 Å². The molecule has 1 amide bonds. The zero-order chi connectivity index (χ0) is 13.0. The number of aliphatic hydroxyl groups excluding tert-OH is 1. The molecule has 1 unspecified atom stereocenters. The lowest BCUT2D eigenvalue weighted by Gasteiger charge is -2.08. The first-order valence-electron chi connectivity index (χ1n) is 5.68. The summed E-state index contributed by atoms with van der Waals surface area (Å²) in [6.07, 6.45) is 0.607. The molecule has 5 heteroatoms. The molecule has 1 aromatic carbocycles. The minimum absolute atomic E-state index is 0.153. The number of nitrogens with one attached hydrogen (secondary N) is 1. The maximum atomic E-state index is 10.6. The highest BCUT2D eigenvalue weighted by atomic mass is 16.3. The minimum atomic E-state index is -1.15. The van der Waals surface area contributed by atoms with Gasteiger partial charge in [0.05, 0.1) is 5.52 Å². The van der Waals surface area contributed by atoms with Gasteiger partial charge < -0.3 is 16.2 Å². The lowest BCUT2D eigenvalue weighted by molar-refractivity contribution is -0.125. The van der Waals surface area contributed by atoms with Crippen LogP contribution in [0.25, 0.3) is 10.9 Å². The summed E-state index contributed by atoms with van der Waals surface area (Å²) in [7, 11) is 0. The molecule has 1 aromatic heterocycles. The smallest absolute Gasteiger partial charge is 0.247 e. The highest BCUT2D eigenvalue weighted by Crippen LogP contribution is 2.12. The van der Waals surface area contributed by atoms with Crippen LogP contribution in [0.1, 0.15) is 5.56 Å². The van der Waals surface area contributed by atoms with Gasteiger partial charge in [-0.2, -0.15) is 0 Å². The van der Waals surface area contributed by atoms with E-state index < -0.39 is 12.0 Å². The maximum Gasteiger partial charge on any atom is 0.247 e. The summed E-state index contributed by atoms with van der Waals surface area (Å²) in [5.41, 5.74) is 6.96. The third-order valence-electron chi connectivity index (χ3n) is 2.66. The van der Waals surface area contributed by atoms with Gasteiger partial charge in [0.15, 0.2) is 0 Å². The SMILES string of the molecule is NC(=O)C(O)CNCc1ccc2ncccc2c1. The van der Waals surface area contributed by atoms with Crippen molar-refractivity contribution in [3.8, 4) is 0 Å². The Hall–Kier alpha value is -1.98. The standard InChI is InChI=1S/C13H15N3O2/c14-13(18)12(17)8-15-7-9-3-4-11-10(6-9)2-1-5-16-11/h1-6,12,15,17H,7-8H2,(H2,14,18). The first-order valence-corrected chi connectivity index (χ1v) is 5.68. The van der Waals surface area contributed by atoms with Gasteiger partial charge in [-0.05, 0) is 23.8 Å². The van der Waals surface area contributed by atoms with Gasteiger partial charge >= 0.3 is 0 Å². The van der Waals surface area contributed by atoms with Gasteiger partial charge in [-0.15, -0.1) is 0 Å². The Morgan fingerprint density at radius 1 is 1.44 bits per heavy atom. The van der Waals surface area contributed by atoms with Crippen molar-refractivity contribution in [1.29, 1.82) is 0 Å². The van der Waals surface area contributed by atoms with Crippen molar-refractivity contribution >= 4 is 16.8 Å². The van der Waals surface area contributed by atoms with E-state index >= 15 is 0 Å². The van der Waals surface area contributed by atoms with Crippen LogP contribution in [-0.2, 0) is 11.3 Å². The Labute approximate surface area is 105 Å². The molecule has 2 aromatic rings. The molecule has 0 saturated carbocycles. The summed E-state index contributed by atoms with van der Waals surface area (Å²) in [5.74, 6) is -0.717. The van der Waals surface area contributed by atoms with Gasteiger partial charge in [0, 0.05) is 24.7 Å². The van der Waals surface area contributed by atoms with E-state index in [1.165, 1.54) is 0 Å². The predicted molar refractivity (Wildman–Crippen MR) is 68.7 cm³/mol. The molecule has 0 saturated heterocycles. The van der Waals surface area contributed by atoms with E-state index in [0.29, 0.717) is 6.54 Å². The molecule has 0 bridgehead atoms. The molecule has 0 aliphatic heterocycles. The van der Waals surface area contributed by atoms with Crippen LogP contribution in [0.4, 0.5) is 0 Å². The van der Waals surface area contributed by atoms with E-state index in [-0.39, 0.29) is 6.54 Å². The summed E-state index contributed by atoms with van der Waals surface area (Å²) in [6.45, 7) is 0.718. The molecule has 0 radical (unpaired) electrons. The van der Waals surface area contributed by atoms with Gasteiger partial charge in [0.1, 0.15) is 6.10 Å². The second kappa shape index (κ2) is 5.57. The Morgan fingerprint density at radius 2 is 2.28 bits per heavy atom. The fourth-order valence-corrected chi connectivity index (χ4v) is 1.69. The number of pyridine rings is 1. The number of hydrogen-bond acceptors (Lipinski definition) is 4. The lowest BCUT2D eigenvalue weighted by atomic mass is 10.1. The van der Waals surface area contributed by atoms with Crippen LogP contribution < -0.4 is 11.1 Å². The van der Waals surface area contributed by atoms with E-state index in [9.17, 15) is 9.90 Å².